The lowest BCUT2D eigenvalue weighted by molar-refractivity contribution is -0.275. The predicted octanol–water partition coefficient (Wildman–Crippen LogP) is 2.21. The first-order valence-electron chi connectivity index (χ1n) is 10.9. The molecule has 1 amide bonds. The number of pyridine rings is 1. The lowest BCUT2D eigenvalue weighted by atomic mass is 10.1. The van der Waals surface area contributed by atoms with Gasteiger partial charge in [-0.3, -0.25) is 9.78 Å². The van der Waals surface area contributed by atoms with Crippen molar-refractivity contribution in [3.8, 4) is 17.0 Å². The van der Waals surface area contributed by atoms with E-state index < -0.39 is 32.9 Å². The molecule has 0 bridgehead atoms. The molecule has 3 aromatic rings. The second kappa shape index (κ2) is 10.3. The first-order valence-corrected chi connectivity index (χ1v) is 12.3. The molecule has 1 aliphatic heterocycles. The smallest absolute Gasteiger partial charge is 0.404 e. The molecule has 0 saturated carbocycles. The monoisotopic (exact) mass is 537 g/mol. The summed E-state index contributed by atoms with van der Waals surface area (Å²) in [7, 11) is -2.48. The van der Waals surface area contributed by atoms with Crippen LogP contribution >= 0.6 is 0 Å². The van der Waals surface area contributed by atoms with Crippen LogP contribution in [0, 0.1) is 0 Å². The number of rotatable bonds is 6. The summed E-state index contributed by atoms with van der Waals surface area (Å²) in [5.41, 5.74) is 5.87. The summed E-state index contributed by atoms with van der Waals surface area (Å²) in [6.45, 7) is 1.09. The van der Waals surface area contributed by atoms with Gasteiger partial charge >= 0.3 is 6.36 Å². The Morgan fingerprint density at radius 2 is 1.86 bits per heavy atom. The molecule has 11 nitrogen and oxygen atoms in total. The normalized spacial score (nSPS) is 15.4. The molecule has 1 fully saturated rings. The molecule has 1 saturated heterocycles. The molecule has 3 heterocycles. The van der Waals surface area contributed by atoms with Crippen molar-refractivity contribution in [2.75, 3.05) is 44.3 Å². The van der Waals surface area contributed by atoms with Crippen LogP contribution in [0.1, 0.15) is 10.5 Å². The van der Waals surface area contributed by atoms with Crippen LogP contribution in [0.25, 0.3) is 11.3 Å². The molecule has 0 radical (unpaired) electrons. The van der Waals surface area contributed by atoms with Crippen LogP contribution < -0.4 is 15.8 Å². The Labute approximate surface area is 210 Å². The minimum Gasteiger partial charge on any atom is -0.404 e. The second-order valence-electron chi connectivity index (χ2n) is 8.10. The topological polar surface area (TPSA) is 144 Å². The van der Waals surface area contributed by atoms with E-state index in [9.17, 15) is 26.4 Å². The predicted molar refractivity (Wildman–Crippen MR) is 127 cm³/mol. The average molecular weight is 538 g/mol. The van der Waals surface area contributed by atoms with Crippen molar-refractivity contribution >= 4 is 27.4 Å². The summed E-state index contributed by atoms with van der Waals surface area (Å²) in [5, 5.41) is 2.54. The molecule has 0 aliphatic carbocycles. The van der Waals surface area contributed by atoms with Crippen LogP contribution in [0.4, 0.5) is 24.7 Å². The summed E-state index contributed by atoms with van der Waals surface area (Å²) in [6, 6.07) is 6.34. The van der Waals surface area contributed by atoms with Crippen LogP contribution in [-0.2, 0) is 10.0 Å². The fourth-order valence-electron chi connectivity index (χ4n) is 3.58. The molecule has 2 aromatic heterocycles. The number of nitrogen functional groups attached to an aromatic ring is 1. The van der Waals surface area contributed by atoms with Crippen molar-refractivity contribution < 1.29 is 31.1 Å². The number of piperazine rings is 1. The Hall–Kier alpha value is -3.82. The number of alkyl halides is 3. The Balaban J connectivity index is 1.71. The minimum absolute atomic E-state index is 0.0268. The van der Waals surface area contributed by atoms with Gasteiger partial charge in [0.05, 0.1) is 23.8 Å². The van der Waals surface area contributed by atoms with E-state index in [-0.39, 0.29) is 35.9 Å². The molecule has 0 atom stereocenters. The van der Waals surface area contributed by atoms with Crippen molar-refractivity contribution in [1.29, 1.82) is 0 Å². The molecular formula is C22H22F3N7O4S. The Kier molecular flexibility index (Phi) is 7.29. The maximum absolute atomic E-state index is 13.2. The van der Waals surface area contributed by atoms with Crippen molar-refractivity contribution in [3.05, 3.63) is 54.6 Å². The number of likely N-dealkylation sites (N-methyl/N-ethyl adjacent to an activating group) is 1. The van der Waals surface area contributed by atoms with E-state index in [2.05, 4.69) is 25.0 Å². The number of amides is 1. The molecule has 196 valence electrons. The van der Waals surface area contributed by atoms with Crippen LogP contribution in [0.5, 0.6) is 5.75 Å². The first-order chi connectivity index (χ1) is 17.4. The molecule has 3 N–H and O–H groups in total. The maximum atomic E-state index is 13.2. The number of anilines is 2. The number of benzene rings is 1. The molecule has 1 aliphatic rings. The second-order valence-corrected chi connectivity index (χ2v) is 10.0. The number of nitrogens with zero attached hydrogens (tertiary/aromatic N) is 5. The van der Waals surface area contributed by atoms with Crippen LogP contribution in [0.3, 0.4) is 0 Å². The van der Waals surface area contributed by atoms with E-state index in [4.69, 9.17) is 5.73 Å². The van der Waals surface area contributed by atoms with Gasteiger partial charge in [0, 0.05) is 37.9 Å². The van der Waals surface area contributed by atoms with E-state index in [1.165, 1.54) is 18.5 Å². The van der Waals surface area contributed by atoms with Gasteiger partial charge in [-0.05, 0) is 31.3 Å². The molecule has 4 rings (SSSR count). The van der Waals surface area contributed by atoms with Gasteiger partial charge in [0.2, 0.25) is 10.0 Å². The van der Waals surface area contributed by atoms with Crippen LogP contribution in [-0.4, -0.2) is 78.1 Å². The number of carbonyl (C=O) groups is 1. The Bertz CT molecular complexity index is 1400. The Morgan fingerprint density at radius 3 is 2.51 bits per heavy atom. The SMILES string of the molecule is CN1CCN(S(=O)(=O)c2ccc(-c3cnc(N)c(C(=O)Nc4cccnc4)n3)cc2OC(F)(F)F)CC1. The van der Waals surface area contributed by atoms with Gasteiger partial charge in [0.25, 0.3) is 5.91 Å². The maximum Gasteiger partial charge on any atom is 0.573 e. The summed E-state index contributed by atoms with van der Waals surface area (Å²) >= 11 is 0. The molecule has 1 aromatic carbocycles. The average Bonchev–Trinajstić information content (AvgIpc) is 2.84. The number of sulfonamides is 1. The van der Waals surface area contributed by atoms with Gasteiger partial charge in [-0.25, -0.2) is 18.4 Å². The number of aromatic nitrogens is 3. The quantitative estimate of drug-likeness (QED) is 0.484. The lowest BCUT2D eigenvalue weighted by Crippen LogP contribution is -2.47. The first kappa shape index (κ1) is 26.2. The molecule has 15 heteroatoms. The van der Waals surface area contributed by atoms with E-state index in [0.717, 1.165) is 22.6 Å². The highest BCUT2D eigenvalue weighted by molar-refractivity contribution is 7.89. The third kappa shape index (κ3) is 6.12. The largest absolute Gasteiger partial charge is 0.573 e. The number of carbonyl (C=O) groups excluding carboxylic acids is 1. The van der Waals surface area contributed by atoms with Gasteiger partial charge in [-0.1, -0.05) is 6.07 Å². The number of nitrogens with two attached hydrogens (primary N) is 1. The number of nitrogens with one attached hydrogen (secondary N) is 1. The van der Waals surface area contributed by atoms with E-state index in [1.54, 1.807) is 12.1 Å². The van der Waals surface area contributed by atoms with Gasteiger partial charge in [-0.15, -0.1) is 13.2 Å². The summed E-state index contributed by atoms with van der Waals surface area (Å²) in [6.07, 6.45) is -1.10. The third-order valence-corrected chi connectivity index (χ3v) is 7.42. The van der Waals surface area contributed by atoms with Gasteiger partial charge in [-0.2, -0.15) is 4.31 Å². The highest BCUT2D eigenvalue weighted by Crippen LogP contribution is 2.35. The van der Waals surface area contributed by atoms with Gasteiger partial charge in [0.15, 0.2) is 11.5 Å². The number of hydrogen-bond donors (Lipinski definition) is 2. The van der Waals surface area contributed by atoms with Crippen molar-refractivity contribution in [2.45, 2.75) is 11.3 Å². The standard InChI is InChI=1S/C22H22F3N7O4S/c1-31-7-9-32(10-8-31)37(34,35)18-5-4-14(11-17(18)36-22(23,24)25)16-13-28-20(26)19(30-16)21(33)29-15-3-2-6-27-12-15/h2-6,11-13H,7-10H2,1H3,(H2,26,28)(H,29,33). The van der Waals surface area contributed by atoms with Crippen molar-refractivity contribution in [1.82, 2.24) is 24.2 Å². The fourth-order valence-corrected chi connectivity index (χ4v) is 5.10. The van der Waals surface area contributed by atoms with Gasteiger partial charge < -0.3 is 20.7 Å². The molecule has 0 spiro atoms. The lowest BCUT2D eigenvalue weighted by Gasteiger charge is -2.32. The fraction of sp³-hybridized carbons (Fsp3) is 0.273. The zero-order valence-electron chi connectivity index (χ0n) is 19.4. The van der Waals surface area contributed by atoms with E-state index in [1.807, 2.05) is 11.9 Å². The Morgan fingerprint density at radius 1 is 1.14 bits per heavy atom. The molecule has 0 unspecified atom stereocenters. The number of hydrogen-bond acceptors (Lipinski definition) is 9. The number of ether oxygens (including phenoxy) is 1. The summed E-state index contributed by atoms with van der Waals surface area (Å²) < 4.78 is 71.2. The van der Waals surface area contributed by atoms with E-state index >= 15 is 0 Å². The summed E-state index contributed by atoms with van der Waals surface area (Å²) in [4.78, 5) is 25.9. The molecular weight excluding hydrogens is 515 g/mol. The highest BCUT2D eigenvalue weighted by Gasteiger charge is 2.36. The van der Waals surface area contributed by atoms with E-state index in [0.29, 0.717) is 18.8 Å². The van der Waals surface area contributed by atoms with Crippen LogP contribution in [0.2, 0.25) is 0 Å². The van der Waals surface area contributed by atoms with Gasteiger partial charge in [0.1, 0.15) is 10.6 Å². The highest BCUT2D eigenvalue weighted by atomic mass is 32.2. The van der Waals surface area contributed by atoms with Crippen molar-refractivity contribution in [3.63, 3.8) is 0 Å². The third-order valence-electron chi connectivity index (χ3n) is 5.48. The zero-order valence-corrected chi connectivity index (χ0v) is 20.3. The minimum atomic E-state index is -5.16. The zero-order chi connectivity index (χ0) is 26.8. The molecule has 37 heavy (non-hydrogen) atoms. The van der Waals surface area contributed by atoms with Crippen molar-refractivity contribution in [2.24, 2.45) is 0 Å². The summed E-state index contributed by atoms with van der Waals surface area (Å²) in [5.74, 6) is -1.86. The number of halogens is 3. The van der Waals surface area contributed by atoms with Crippen LogP contribution in [0.15, 0.2) is 53.8 Å².